The van der Waals surface area contributed by atoms with Crippen LogP contribution in [0.1, 0.15) is 10.4 Å². The smallest absolute Gasteiger partial charge is 0.254 e. The van der Waals surface area contributed by atoms with Crippen LogP contribution in [0.15, 0.2) is 42.5 Å². The van der Waals surface area contributed by atoms with Crippen molar-refractivity contribution in [2.45, 2.75) is 0 Å². The molecule has 27 heavy (non-hydrogen) atoms. The highest BCUT2D eigenvalue weighted by molar-refractivity contribution is 6.30. The summed E-state index contributed by atoms with van der Waals surface area (Å²) >= 11 is 5.85. The molecule has 0 N–H and O–H groups in total. The molecular weight excluding hydrogens is 371 g/mol. The highest BCUT2D eigenvalue weighted by Crippen LogP contribution is 2.19. The minimum atomic E-state index is -0.527. The molecule has 2 aromatic rings. The number of hydrogen-bond donors (Lipinski definition) is 0. The number of carbonyl (C=O) groups is 1. The molecule has 1 amide bonds. The molecule has 7 heteroatoms. The van der Waals surface area contributed by atoms with Crippen LogP contribution in [0.25, 0.3) is 0 Å². The lowest BCUT2D eigenvalue weighted by Crippen LogP contribution is -2.49. The molecule has 1 saturated heterocycles. The van der Waals surface area contributed by atoms with Crippen LogP contribution in [0.4, 0.5) is 4.39 Å². The summed E-state index contributed by atoms with van der Waals surface area (Å²) in [5, 5.41) is 0.680. The lowest BCUT2D eigenvalue weighted by atomic mass is 10.1. The largest absolute Gasteiger partial charge is 0.494 e. The monoisotopic (exact) mass is 392 g/mol. The number of piperazine rings is 1. The molecule has 0 spiro atoms. The van der Waals surface area contributed by atoms with Gasteiger partial charge in [-0.05, 0) is 42.5 Å². The van der Waals surface area contributed by atoms with Gasteiger partial charge < -0.3 is 14.4 Å². The molecule has 3 rings (SSSR count). The fourth-order valence-corrected chi connectivity index (χ4v) is 3.11. The van der Waals surface area contributed by atoms with Gasteiger partial charge in [-0.15, -0.1) is 0 Å². The van der Waals surface area contributed by atoms with E-state index in [2.05, 4.69) is 4.90 Å². The van der Waals surface area contributed by atoms with Gasteiger partial charge >= 0.3 is 0 Å². The van der Waals surface area contributed by atoms with E-state index in [1.807, 2.05) is 12.1 Å². The Bertz CT molecular complexity index is 777. The third-order valence-corrected chi connectivity index (χ3v) is 4.80. The predicted molar refractivity (Wildman–Crippen MR) is 102 cm³/mol. The van der Waals surface area contributed by atoms with Crippen molar-refractivity contribution in [2.24, 2.45) is 0 Å². The van der Waals surface area contributed by atoms with Crippen molar-refractivity contribution in [3.05, 3.63) is 58.9 Å². The summed E-state index contributed by atoms with van der Waals surface area (Å²) in [7, 11) is 1.40. The topological polar surface area (TPSA) is 42.0 Å². The Hall–Kier alpha value is -2.31. The van der Waals surface area contributed by atoms with E-state index in [1.54, 1.807) is 23.1 Å². The number of rotatable bonds is 6. The second-order valence-corrected chi connectivity index (χ2v) is 6.72. The van der Waals surface area contributed by atoms with Gasteiger partial charge in [0.2, 0.25) is 0 Å². The van der Waals surface area contributed by atoms with Gasteiger partial charge in [0.25, 0.3) is 5.91 Å². The first kappa shape index (κ1) is 19.5. The van der Waals surface area contributed by atoms with E-state index in [0.717, 1.165) is 25.4 Å². The van der Waals surface area contributed by atoms with Gasteiger partial charge in [0.15, 0.2) is 11.6 Å². The quantitative estimate of drug-likeness (QED) is 0.756. The fraction of sp³-hybridized carbons (Fsp3) is 0.350. The molecule has 1 heterocycles. The Morgan fingerprint density at radius 1 is 1.11 bits per heavy atom. The average molecular weight is 393 g/mol. The molecule has 1 fully saturated rings. The standard InChI is InChI=1S/C20H22ClFN2O3/c1-26-19-7-2-15(14-18(19)22)20(25)24-10-8-23(9-11-24)12-13-27-17-5-3-16(21)4-6-17/h2-7,14H,8-13H2,1H3. The van der Waals surface area contributed by atoms with Crippen LogP contribution in [0.3, 0.4) is 0 Å². The van der Waals surface area contributed by atoms with Crippen LogP contribution in [0.2, 0.25) is 5.02 Å². The SMILES string of the molecule is COc1ccc(C(=O)N2CCN(CCOc3ccc(Cl)cc3)CC2)cc1F. The first-order valence-electron chi connectivity index (χ1n) is 8.80. The Kier molecular flexibility index (Phi) is 6.53. The van der Waals surface area contributed by atoms with E-state index in [9.17, 15) is 9.18 Å². The summed E-state index contributed by atoms with van der Waals surface area (Å²) in [6.45, 7) is 4.07. The molecule has 1 aliphatic rings. The highest BCUT2D eigenvalue weighted by Gasteiger charge is 2.22. The first-order chi connectivity index (χ1) is 13.1. The third kappa shape index (κ3) is 5.11. The molecule has 0 bridgehead atoms. The highest BCUT2D eigenvalue weighted by atomic mass is 35.5. The minimum absolute atomic E-state index is 0.136. The van der Waals surface area contributed by atoms with Crippen LogP contribution in [-0.2, 0) is 0 Å². The number of ether oxygens (including phenoxy) is 2. The lowest BCUT2D eigenvalue weighted by molar-refractivity contribution is 0.0620. The van der Waals surface area contributed by atoms with Crippen molar-refractivity contribution < 1.29 is 18.7 Å². The number of halogens is 2. The van der Waals surface area contributed by atoms with Crippen LogP contribution >= 0.6 is 11.6 Å². The van der Waals surface area contributed by atoms with Gasteiger partial charge in [0, 0.05) is 43.3 Å². The second-order valence-electron chi connectivity index (χ2n) is 6.29. The molecule has 1 aliphatic heterocycles. The second kappa shape index (κ2) is 9.06. The van der Waals surface area contributed by atoms with E-state index in [0.29, 0.717) is 30.3 Å². The molecular formula is C20H22ClFN2O3. The van der Waals surface area contributed by atoms with E-state index in [-0.39, 0.29) is 11.7 Å². The maximum Gasteiger partial charge on any atom is 0.254 e. The fourth-order valence-electron chi connectivity index (χ4n) is 2.98. The minimum Gasteiger partial charge on any atom is -0.494 e. The zero-order valence-corrected chi connectivity index (χ0v) is 15.9. The van der Waals surface area contributed by atoms with Gasteiger partial charge in [0.1, 0.15) is 12.4 Å². The number of methoxy groups -OCH3 is 1. The third-order valence-electron chi connectivity index (χ3n) is 4.55. The number of nitrogens with zero attached hydrogens (tertiary/aromatic N) is 2. The van der Waals surface area contributed by atoms with Gasteiger partial charge in [-0.2, -0.15) is 0 Å². The predicted octanol–water partition coefficient (Wildman–Crippen LogP) is 3.32. The van der Waals surface area contributed by atoms with E-state index in [4.69, 9.17) is 21.1 Å². The van der Waals surface area contributed by atoms with Crippen molar-refractivity contribution >= 4 is 17.5 Å². The molecule has 0 saturated carbocycles. The molecule has 0 unspecified atom stereocenters. The van der Waals surface area contributed by atoms with E-state index < -0.39 is 5.82 Å². The van der Waals surface area contributed by atoms with Gasteiger partial charge in [0.05, 0.1) is 7.11 Å². The molecule has 0 atom stereocenters. The van der Waals surface area contributed by atoms with E-state index >= 15 is 0 Å². The molecule has 5 nitrogen and oxygen atoms in total. The summed E-state index contributed by atoms with van der Waals surface area (Å²) in [6.07, 6.45) is 0. The van der Waals surface area contributed by atoms with Crippen molar-refractivity contribution in [1.82, 2.24) is 9.80 Å². The normalized spacial score (nSPS) is 14.9. The molecule has 0 radical (unpaired) electrons. The van der Waals surface area contributed by atoms with Crippen LogP contribution < -0.4 is 9.47 Å². The summed E-state index contributed by atoms with van der Waals surface area (Å²) in [6, 6.07) is 11.6. The average Bonchev–Trinajstić information content (AvgIpc) is 2.69. The lowest BCUT2D eigenvalue weighted by Gasteiger charge is -2.34. The Labute approximate surface area is 163 Å². The molecule has 0 aliphatic carbocycles. The Balaban J connectivity index is 1.44. The van der Waals surface area contributed by atoms with Crippen molar-refractivity contribution in [1.29, 1.82) is 0 Å². The van der Waals surface area contributed by atoms with Crippen molar-refractivity contribution in [3.63, 3.8) is 0 Å². The van der Waals surface area contributed by atoms with E-state index in [1.165, 1.54) is 19.2 Å². The van der Waals surface area contributed by atoms with Gasteiger partial charge in [-0.25, -0.2) is 4.39 Å². The number of benzene rings is 2. The first-order valence-corrected chi connectivity index (χ1v) is 9.18. The van der Waals surface area contributed by atoms with Crippen LogP contribution in [0, 0.1) is 5.82 Å². The Morgan fingerprint density at radius 2 is 1.81 bits per heavy atom. The van der Waals surface area contributed by atoms with Gasteiger partial charge in [-0.3, -0.25) is 9.69 Å². The van der Waals surface area contributed by atoms with Crippen LogP contribution in [-0.4, -0.2) is 62.1 Å². The number of hydrogen-bond acceptors (Lipinski definition) is 4. The van der Waals surface area contributed by atoms with Crippen molar-refractivity contribution in [3.8, 4) is 11.5 Å². The molecule has 0 aromatic heterocycles. The summed E-state index contributed by atoms with van der Waals surface area (Å²) in [5.74, 6) is 0.238. The molecule has 144 valence electrons. The number of amides is 1. The maximum atomic E-state index is 13.8. The molecule has 2 aromatic carbocycles. The van der Waals surface area contributed by atoms with Crippen LogP contribution in [0.5, 0.6) is 11.5 Å². The number of carbonyl (C=O) groups excluding carboxylic acids is 1. The maximum absolute atomic E-state index is 13.8. The summed E-state index contributed by atoms with van der Waals surface area (Å²) in [5.41, 5.74) is 0.341. The zero-order chi connectivity index (χ0) is 19.2. The van der Waals surface area contributed by atoms with Gasteiger partial charge in [-0.1, -0.05) is 11.6 Å². The summed E-state index contributed by atoms with van der Waals surface area (Å²) in [4.78, 5) is 16.5. The zero-order valence-electron chi connectivity index (χ0n) is 15.2. The Morgan fingerprint density at radius 3 is 2.44 bits per heavy atom. The summed E-state index contributed by atoms with van der Waals surface area (Å²) < 4.78 is 24.4. The van der Waals surface area contributed by atoms with Crippen molar-refractivity contribution in [2.75, 3.05) is 46.4 Å².